The van der Waals surface area contributed by atoms with Crippen molar-refractivity contribution in [2.75, 3.05) is 9.80 Å². The van der Waals surface area contributed by atoms with Gasteiger partial charge in [-0.25, -0.2) is 0 Å². The number of fused-ring (bicyclic) bond motifs is 6. The highest BCUT2D eigenvalue weighted by Crippen LogP contribution is 2.52. The molecule has 4 nitrogen and oxygen atoms in total. The Kier molecular flexibility index (Phi) is 9.25. The number of para-hydroxylation sites is 4. The summed E-state index contributed by atoms with van der Waals surface area (Å²) in [4.78, 5) is 4.93. The quantitative estimate of drug-likeness (QED) is 0.149. The lowest BCUT2D eigenvalue weighted by Crippen LogP contribution is -2.25. The Balaban J connectivity index is 1.09. The Labute approximate surface area is 410 Å². The molecule has 13 rings (SSSR count). The maximum absolute atomic E-state index is 7.23. The molecule has 70 heavy (non-hydrogen) atoms. The molecular weight excluding hydrogens is 853 g/mol. The van der Waals surface area contributed by atoms with Gasteiger partial charge in [0.15, 0.2) is 11.2 Å². The molecule has 0 aliphatic carbocycles. The van der Waals surface area contributed by atoms with E-state index in [-0.39, 0.29) is 10.8 Å². The van der Waals surface area contributed by atoms with Gasteiger partial charge in [0.25, 0.3) is 0 Å². The number of benzene rings is 10. The molecule has 0 saturated heterocycles. The van der Waals surface area contributed by atoms with Crippen LogP contribution >= 0.6 is 0 Å². The van der Waals surface area contributed by atoms with Gasteiger partial charge in [-0.05, 0) is 156 Å². The Hall–Kier alpha value is -7.56. The highest BCUT2D eigenvalue weighted by Gasteiger charge is 2.33. The minimum Gasteiger partial charge on any atom is -0.454 e. The summed E-state index contributed by atoms with van der Waals surface area (Å²) in [5.41, 5.74) is 19.2. The molecule has 0 spiro atoms. The van der Waals surface area contributed by atoms with Crippen LogP contribution in [0.15, 0.2) is 160 Å². The Bertz CT molecular complexity index is 4130. The van der Waals surface area contributed by atoms with E-state index < -0.39 is 0 Å². The van der Waals surface area contributed by atoms with E-state index in [1.807, 2.05) is 0 Å². The van der Waals surface area contributed by atoms with Crippen LogP contribution in [0.2, 0.25) is 0 Å². The van der Waals surface area contributed by atoms with Crippen molar-refractivity contribution < 1.29 is 8.83 Å². The van der Waals surface area contributed by atoms with Crippen LogP contribution in [0.1, 0.15) is 86.4 Å². The van der Waals surface area contributed by atoms with E-state index in [9.17, 15) is 0 Å². The van der Waals surface area contributed by atoms with Gasteiger partial charge in [-0.3, -0.25) is 0 Å². The van der Waals surface area contributed by atoms with Gasteiger partial charge >= 0.3 is 0 Å². The maximum atomic E-state index is 7.23. The molecule has 0 radical (unpaired) electrons. The smallest absolute Gasteiger partial charge is 0.159 e. The van der Waals surface area contributed by atoms with Crippen molar-refractivity contribution in [1.29, 1.82) is 0 Å². The van der Waals surface area contributed by atoms with Crippen LogP contribution in [0.4, 0.5) is 34.1 Å². The molecule has 10 aromatic carbocycles. The molecule has 0 amide bonds. The predicted octanol–water partition coefficient (Wildman–Crippen LogP) is 19.5. The van der Waals surface area contributed by atoms with Crippen molar-refractivity contribution in [2.45, 2.75) is 92.4 Å². The number of anilines is 6. The Morgan fingerprint density at radius 2 is 1.19 bits per heavy atom. The van der Waals surface area contributed by atoms with Crippen molar-refractivity contribution in [1.82, 2.24) is 0 Å². The van der Waals surface area contributed by atoms with E-state index in [1.54, 1.807) is 0 Å². The average Bonchev–Trinajstić information content (AvgIpc) is 3.96. The second kappa shape index (κ2) is 15.2. The third-order valence-electron chi connectivity index (χ3n) is 17.0. The maximum Gasteiger partial charge on any atom is 0.159 e. The Morgan fingerprint density at radius 1 is 0.543 bits per heavy atom. The lowest BCUT2D eigenvalue weighted by molar-refractivity contribution is 0.448. The zero-order chi connectivity index (χ0) is 48.0. The summed E-state index contributed by atoms with van der Waals surface area (Å²) in [7, 11) is 0. The van der Waals surface area contributed by atoms with Gasteiger partial charge in [-0.1, -0.05) is 138 Å². The molecule has 4 bridgehead atoms. The molecule has 12 aromatic rings. The minimum absolute atomic E-state index is 0.0459. The highest BCUT2D eigenvalue weighted by molar-refractivity contribution is 6.29. The van der Waals surface area contributed by atoms with Crippen LogP contribution in [0.25, 0.3) is 76.2 Å². The standard InChI is InChI=1S/C66H58N2O2/c1-10-65(7,8)53-20-12-16-47-49-18-14-22-57(63(49)69-61(47)53)67(45-29-24-38(3)39(4)34-45)55-32-27-42-26-31-52-56(33-28-43-25-30-51(55)59(42)60(43)52)68-46-35-40(5)41(6)44(36-46)37-66(9,11-2)54-21-13-17-48-50-19-15-23-58(68)64(50)70-62(48)54/h12-36H,10-11,37H2,1-9H3. The van der Waals surface area contributed by atoms with Crippen molar-refractivity contribution in [3.8, 4) is 0 Å². The van der Waals surface area contributed by atoms with Crippen LogP contribution in [-0.4, -0.2) is 0 Å². The lowest BCUT2D eigenvalue weighted by Gasteiger charge is -2.32. The molecule has 3 heterocycles. The molecule has 344 valence electrons. The van der Waals surface area contributed by atoms with Gasteiger partial charge in [0.05, 0.1) is 22.7 Å². The summed E-state index contributed by atoms with van der Waals surface area (Å²) < 4.78 is 14.4. The first-order valence-electron chi connectivity index (χ1n) is 25.2. The third kappa shape index (κ3) is 6.01. The van der Waals surface area contributed by atoms with E-state index in [0.717, 1.165) is 91.9 Å². The summed E-state index contributed by atoms with van der Waals surface area (Å²) in [6, 6.07) is 57.1. The first-order chi connectivity index (χ1) is 33.9. The number of hydrogen-bond acceptors (Lipinski definition) is 4. The fourth-order valence-corrected chi connectivity index (χ4v) is 12.1. The molecule has 1 aliphatic heterocycles. The van der Waals surface area contributed by atoms with Gasteiger partial charge in [0.2, 0.25) is 0 Å². The van der Waals surface area contributed by atoms with E-state index in [2.05, 4.69) is 224 Å². The zero-order valence-electron chi connectivity index (χ0n) is 41.8. The fourth-order valence-electron chi connectivity index (χ4n) is 12.1. The third-order valence-corrected chi connectivity index (χ3v) is 17.0. The molecule has 0 N–H and O–H groups in total. The summed E-state index contributed by atoms with van der Waals surface area (Å²) in [6.45, 7) is 20.6. The van der Waals surface area contributed by atoms with Crippen LogP contribution in [-0.2, 0) is 17.3 Å². The summed E-state index contributed by atoms with van der Waals surface area (Å²) in [5, 5.41) is 11.9. The van der Waals surface area contributed by atoms with Crippen molar-refractivity contribution in [2.24, 2.45) is 0 Å². The van der Waals surface area contributed by atoms with Gasteiger partial charge in [-0.2, -0.15) is 0 Å². The van der Waals surface area contributed by atoms with E-state index >= 15 is 0 Å². The van der Waals surface area contributed by atoms with E-state index in [1.165, 1.54) is 76.6 Å². The van der Waals surface area contributed by atoms with Crippen molar-refractivity contribution >= 4 is 110 Å². The molecule has 2 aromatic heterocycles. The number of aryl methyl sites for hydroxylation is 3. The number of rotatable bonds is 7. The molecule has 1 unspecified atom stereocenters. The summed E-state index contributed by atoms with van der Waals surface area (Å²) in [5.74, 6) is 0. The molecule has 1 atom stereocenters. The molecule has 0 saturated carbocycles. The van der Waals surface area contributed by atoms with Gasteiger partial charge < -0.3 is 18.6 Å². The van der Waals surface area contributed by atoms with Gasteiger partial charge in [0.1, 0.15) is 11.2 Å². The van der Waals surface area contributed by atoms with Gasteiger partial charge in [-0.15, -0.1) is 0 Å². The number of furan rings is 2. The number of hydrogen-bond donors (Lipinski definition) is 0. The van der Waals surface area contributed by atoms with Crippen molar-refractivity contribution in [3.05, 3.63) is 191 Å². The molecular formula is C66H58N2O2. The first-order valence-corrected chi connectivity index (χ1v) is 25.2. The second-order valence-corrected chi connectivity index (χ2v) is 21.3. The zero-order valence-corrected chi connectivity index (χ0v) is 41.8. The Morgan fingerprint density at radius 3 is 1.94 bits per heavy atom. The van der Waals surface area contributed by atoms with E-state index in [4.69, 9.17) is 8.83 Å². The summed E-state index contributed by atoms with van der Waals surface area (Å²) >= 11 is 0. The SMILES string of the molecule is CCC(C)(C)c1cccc2c1oc1c(N(c3ccc(C)c(C)c3)c3ccc4ccc5c(N6c7cc(C)c(C)c(c7)CC(C)(CC)c7cccc8c7oc7c6cccc78)ccc6ccc3c4c65)cccc12. The monoisotopic (exact) mass is 910 g/mol. The average molecular weight is 911 g/mol. The first kappa shape index (κ1) is 42.5. The van der Waals surface area contributed by atoms with E-state index in [0.29, 0.717) is 0 Å². The minimum atomic E-state index is -0.126. The van der Waals surface area contributed by atoms with Gasteiger partial charge in [0, 0.05) is 54.8 Å². The van der Waals surface area contributed by atoms with Crippen LogP contribution in [0.5, 0.6) is 0 Å². The number of nitrogens with zero attached hydrogens (tertiary/aromatic N) is 2. The topological polar surface area (TPSA) is 32.8 Å². The van der Waals surface area contributed by atoms with Crippen LogP contribution in [0.3, 0.4) is 0 Å². The fraction of sp³-hybridized carbons (Fsp3) is 0.212. The van der Waals surface area contributed by atoms with Crippen molar-refractivity contribution in [3.63, 3.8) is 0 Å². The summed E-state index contributed by atoms with van der Waals surface area (Å²) in [6.07, 6.45) is 2.91. The van der Waals surface area contributed by atoms with Crippen LogP contribution < -0.4 is 9.80 Å². The van der Waals surface area contributed by atoms with Crippen LogP contribution in [0, 0.1) is 27.7 Å². The second-order valence-electron chi connectivity index (χ2n) is 21.3. The predicted molar refractivity (Wildman–Crippen MR) is 298 cm³/mol. The molecule has 0 fully saturated rings. The normalized spacial score (nSPS) is 15.3. The molecule has 1 aliphatic rings. The molecule has 4 heteroatoms. The lowest BCUT2D eigenvalue weighted by atomic mass is 9.73. The highest BCUT2D eigenvalue weighted by atomic mass is 16.3. The largest absolute Gasteiger partial charge is 0.454 e.